The van der Waals surface area contributed by atoms with Gasteiger partial charge in [0.05, 0.1) is 11.1 Å². The number of hydrogen-bond donors (Lipinski definition) is 1. The molecule has 0 unspecified atom stereocenters. The molecule has 2 aliphatic heterocycles. The summed E-state index contributed by atoms with van der Waals surface area (Å²) in [5, 5.41) is 0. The smallest absolute Gasteiger partial charge is 0.261 e. The molecule has 3 rings (SSSR count). The number of halogens is 1. The first-order valence-corrected chi connectivity index (χ1v) is 7.58. The van der Waals surface area contributed by atoms with E-state index in [1.54, 1.807) is 24.3 Å². The minimum atomic E-state index is -0.160. The lowest BCUT2D eigenvalue weighted by Crippen LogP contribution is -2.42. The molecule has 2 heterocycles. The second-order valence-electron chi connectivity index (χ2n) is 5.83. The number of rotatable bonds is 4. The van der Waals surface area contributed by atoms with E-state index in [0.717, 1.165) is 39.0 Å². The third-order valence-corrected chi connectivity index (χ3v) is 4.56. The summed E-state index contributed by atoms with van der Waals surface area (Å²) in [6.45, 7) is 3.99. The molecule has 0 aliphatic carbocycles. The van der Waals surface area contributed by atoms with Crippen LogP contribution >= 0.6 is 12.4 Å². The van der Waals surface area contributed by atoms with Crippen LogP contribution in [-0.2, 0) is 0 Å². The molecule has 1 saturated heterocycles. The van der Waals surface area contributed by atoms with E-state index >= 15 is 0 Å². The van der Waals surface area contributed by atoms with Gasteiger partial charge >= 0.3 is 0 Å². The van der Waals surface area contributed by atoms with Crippen LogP contribution in [0.25, 0.3) is 0 Å². The highest BCUT2D eigenvalue weighted by Crippen LogP contribution is 2.22. The van der Waals surface area contributed by atoms with Crippen molar-refractivity contribution in [2.24, 2.45) is 11.7 Å². The standard InChI is InChI=1S/C16H21N3O2.ClH/c17-11-12-5-7-18(8-6-12)9-10-19-15(20)13-3-1-2-4-14(13)16(19)21;/h1-4,12H,5-11,17H2;1H. The van der Waals surface area contributed by atoms with Crippen molar-refractivity contribution in [3.8, 4) is 0 Å². The lowest BCUT2D eigenvalue weighted by molar-refractivity contribution is 0.0626. The number of nitrogens with zero attached hydrogens (tertiary/aromatic N) is 2. The van der Waals surface area contributed by atoms with Crippen molar-refractivity contribution < 1.29 is 9.59 Å². The largest absolute Gasteiger partial charge is 0.330 e. The quantitative estimate of drug-likeness (QED) is 0.850. The molecular formula is C16H22ClN3O2. The number of carbonyl (C=O) groups excluding carboxylic acids is 2. The summed E-state index contributed by atoms with van der Waals surface area (Å²) in [6.07, 6.45) is 2.22. The van der Waals surface area contributed by atoms with Crippen LogP contribution in [0.5, 0.6) is 0 Å². The second kappa shape index (κ2) is 7.22. The Balaban J connectivity index is 0.00000176. The Morgan fingerprint density at radius 1 is 1.00 bits per heavy atom. The first kappa shape index (κ1) is 16.9. The Kier molecular flexibility index (Phi) is 5.56. The molecule has 5 nitrogen and oxygen atoms in total. The van der Waals surface area contributed by atoms with Crippen LogP contribution in [0, 0.1) is 5.92 Å². The van der Waals surface area contributed by atoms with Crippen LogP contribution in [0.3, 0.4) is 0 Å². The number of hydrogen-bond acceptors (Lipinski definition) is 4. The summed E-state index contributed by atoms with van der Waals surface area (Å²) < 4.78 is 0. The van der Waals surface area contributed by atoms with Crippen molar-refractivity contribution in [2.45, 2.75) is 12.8 Å². The van der Waals surface area contributed by atoms with Gasteiger partial charge in [0, 0.05) is 13.1 Å². The van der Waals surface area contributed by atoms with E-state index in [9.17, 15) is 9.59 Å². The van der Waals surface area contributed by atoms with Gasteiger partial charge in [0.25, 0.3) is 11.8 Å². The molecule has 0 atom stereocenters. The van der Waals surface area contributed by atoms with E-state index in [0.29, 0.717) is 23.6 Å². The van der Waals surface area contributed by atoms with Crippen LogP contribution in [0.2, 0.25) is 0 Å². The maximum Gasteiger partial charge on any atom is 0.261 e. The van der Waals surface area contributed by atoms with Crippen molar-refractivity contribution in [2.75, 3.05) is 32.7 Å². The van der Waals surface area contributed by atoms with Gasteiger partial charge in [0.1, 0.15) is 0 Å². The van der Waals surface area contributed by atoms with Gasteiger partial charge in [0.15, 0.2) is 0 Å². The Morgan fingerprint density at radius 2 is 1.55 bits per heavy atom. The minimum Gasteiger partial charge on any atom is -0.330 e. The van der Waals surface area contributed by atoms with Gasteiger partial charge in [-0.05, 0) is 50.5 Å². The average Bonchev–Trinajstić information content (AvgIpc) is 2.78. The highest BCUT2D eigenvalue weighted by Gasteiger charge is 2.35. The third kappa shape index (κ3) is 3.16. The number of imide groups is 1. The summed E-state index contributed by atoms with van der Waals surface area (Å²) in [4.78, 5) is 28.2. The Hall–Kier alpha value is -1.43. The van der Waals surface area contributed by atoms with Crippen molar-refractivity contribution in [1.29, 1.82) is 0 Å². The van der Waals surface area contributed by atoms with E-state index in [-0.39, 0.29) is 24.2 Å². The topological polar surface area (TPSA) is 66.6 Å². The number of fused-ring (bicyclic) bond motifs is 1. The summed E-state index contributed by atoms with van der Waals surface area (Å²) in [5.74, 6) is 0.306. The number of amides is 2. The van der Waals surface area contributed by atoms with Crippen molar-refractivity contribution in [3.05, 3.63) is 35.4 Å². The zero-order valence-corrected chi connectivity index (χ0v) is 13.3. The number of carbonyl (C=O) groups is 2. The molecule has 2 aliphatic rings. The number of nitrogens with two attached hydrogens (primary N) is 1. The molecule has 22 heavy (non-hydrogen) atoms. The van der Waals surface area contributed by atoms with Gasteiger partial charge in [-0.3, -0.25) is 14.5 Å². The van der Waals surface area contributed by atoms with Crippen LogP contribution in [0.4, 0.5) is 0 Å². The fourth-order valence-corrected chi connectivity index (χ4v) is 3.13. The van der Waals surface area contributed by atoms with E-state index in [1.165, 1.54) is 4.90 Å². The molecule has 0 saturated carbocycles. The minimum absolute atomic E-state index is 0. The van der Waals surface area contributed by atoms with Gasteiger partial charge in [0.2, 0.25) is 0 Å². The lowest BCUT2D eigenvalue weighted by atomic mass is 9.97. The molecular weight excluding hydrogens is 302 g/mol. The number of likely N-dealkylation sites (tertiary alicyclic amines) is 1. The van der Waals surface area contributed by atoms with E-state index < -0.39 is 0 Å². The normalized spacial score (nSPS) is 19.2. The molecule has 2 N–H and O–H groups in total. The zero-order chi connectivity index (χ0) is 14.8. The van der Waals surface area contributed by atoms with E-state index in [1.807, 2.05) is 0 Å². The molecule has 0 aromatic heterocycles. The van der Waals surface area contributed by atoms with Crippen molar-refractivity contribution >= 4 is 24.2 Å². The maximum atomic E-state index is 12.2. The molecule has 0 radical (unpaired) electrons. The van der Waals surface area contributed by atoms with Gasteiger partial charge < -0.3 is 10.6 Å². The lowest BCUT2D eigenvalue weighted by Gasteiger charge is -2.32. The van der Waals surface area contributed by atoms with Gasteiger partial charge in [-0.2, -0.15) is 0 Å². The predicted molar refractivity (Wildman–Crippen MR) is 87.3 cm³/mol. The van der Waals surface area contributed by atoms with Gasteiger partial charge in [-0.15, -0.1) is 12.4 Å². The predicted octanol–water partition coefficient (Wildman–Crippen LogP) is 1.38. The zero-order valence-electron chi connectivity index (χ0n) is 12.5. The van der Waals surface area contributed by atoms with Crippen LogP contribution in [-0.4, -0.2) is 54.3 Å². The molecule has 2 amide bonds. The fraction of sp³-hybridized carbons (Fsp3) is 0.500. The molecule has 0 spiro atoms. The molecule has 0 bridgehead atoms. The molecule has 1 aromatic rings. The molecule has 1 fully saturated rings. The third-order valence-electron chi connectivity index (χ3n) is 4.56. The van der Waals surface area contributed by atoms with Crippen molar-refractivity contribution in [3.63, 3.8) is 0 Å². The average molecular weight is 324 g/mol. The molecule has 6 heteroatoms. The summed E-state index contributed by atoms with van der Waals surface area (Å²) in [5.41, 5.74) is 6.75. The Morgan fingerprint density at radius 3 is 2.05 bits per heavy atom. The van der Waals surface area contributed by atoms with Crippen LogP contribution < -0.4 is 5.73 Å². The number of benzene rings is 1. The van der Waals surface area contributed by atoms with Crippen LogP contribution in [0.15, 0.2) is 24.3 Å². The first-order valence-electron chi connectivity index (χ1n) is 7.58. The summed E-state index contributed by atoms with van der Waals surface area (Å²) in [6, 6.07) is 7.04. The summed E-state index contributed by atoms with van der Waals surface area (Å²) >= 11 is 0. The highest BCUT2D eigenvalue weighted by molar-refractivity contribution is 6.21. The first-order chi connectivity index (χ1) is 10.2. The SMILES string of the molecule is Cl.NCC1CCN(CCN2C(=O)c3ccccc3C2=O)CC1. The molecule has 120 valence electrons. The van der Waals surface area contributed by atoms with Gasteiger partial charge in [-0.1, -0.05) is 12.1 Å². The van der Waals surface area contributed by atoms with Gasteiger partial charge in [-0.25, -0.2) is 0 Å². The Labute approximate surface area is 136 Å². The van der Waals surface area contributed by atoms with Crippen LogP contribution in [0.1, 0.15) is 33.6 Å². The summed E-state index contributed by atoms with van der Waals surface area (Å²) in [7, 11) is 0. The maximum absolute atomic E-state index is 12.2. The number of piperidine rings is 1. The second-order valence-corrected chi connectivity index (χ2v) is 5.83. The highest BCUT2D eigenvalue weighted by atomic mass is 35.5. The monoisotopic (exact) mass is 323 g/mol. The van der Waals surface area contributed by atoms with E-state index in [2.05, 4.69) is 4.90 Å². The van der Waals surface area contributed by atoms with Crippen molar-refractivity contribution in [1.82, 2.24) is 9.80 Å². The van der Waals surface area contributed by atoms with E-state index in [4.69, 9.17) is 5.73 Å². The molecule has 1 aromatic carbocycles. The Bertz CT molecular complexity index is 521. The fourth-order valence-electron chi connectivity index (χ4n) is 3.13.